The molecule has 0 saturated carbocycles. The van der Waals surface area contributed by atoms with Crippen molar-refractivity contribution >= 4 is 22.6 Å². The predicted octanol–water partition coefficient (Wildman–Crippen LogP) is 3.64. The van der Waals surface area contributed by atoms with Gasteiger partial charge in [-0.25, -0.2) is 0 Å². The molecule has 27 heavy (non-hydrogen) atoms. The summed E-state index contributed by atoms with van der Waals surface area (Å²) in [5.41, 5.74) is 7.29. The van der Waals surface area contributed by atoms with E-state index in [2.05, 4.69) is 64.3 Å². The van der Waals surface area contributed by atoms with Gasteiger partial charge in [0.05, 0.1) is 5.69 Å². The summed E-state index contributed by atoms with van der Waals surface area (Å²) in [7, 11) is 0. The summed E-state index contributed by atoms with van der Waals surface area (Å²) < 4.78 is 0. The molecule has 5 heteroatoms. The van der Waals surface area contributed by atoms with E-state index in [4.69, 9.17) is 0 Å². The molecule has 2 aromatic carbocycles. The van der Waals surface area contributed by atoms with Crippen LogP contribution in [0.3, 0.4) is 0 Å². The van der Waals surface area contributed by atoms with E-state index in [1.54, 1.807) is 11.3 Å². The van der Waals surface area contributed by atoms with Crippen molar-refractivity contribution in [3.63, 3.8) is 0 Å². The van der Waals surface area contributed by atoms with Crippen molar-refractivity contribution in [3.05, 3.63) is 94.2 Å². The molecule has 5 rings (SSSR count). The summed E-state index contributed by atoms with van der Waals surface area (Å²) in [6.07, 6.45) is 2.05. The van der Waals surface area contributed by atoms with Crippen molar-refractivity contribution in [1.29, 1.82) is 0 Å². The number of hydrazine groups is 1. The second kappa shape index (κ2) is 6.62. The molecule has 0 aliphatic carbocycles. The highest BCUT2D eigenvalue weighted by atomic mass is 32.1. The molecule has 0 radical (unpaired) electrons. The van der Waals surface area contributed by atoms with Gasteiger partial charge in [-0.3, -0.25) is 5.32 Å². The van der Waals surface area contributed by atoms with Crippen LogP contribution in [0.15, 0.2) is 78.2 Å². The van der Waals surface area contributed by atoms with Gasteiger partial charge in [0.25, 0.3) is 0 Å². The highest BCUT2D eigenvalue weighted by Gasteiger charge is 2.50. The van der Waals surface area contributed by atoms with Crippen LogP contribution in [0.5, 0.6) is 0 Å². The molecule has 3 N–H and O–H groups in total. The minimum Gasteiger partial charge on any atom is -0.380 e. The summed E-state index contributed by atoms with van der Waals surface area (Å²) in [6, 6.07) is 22.8. The van der Waals surface area contributed by atoms with E-state index < -0.39 is 5.60 Å². The van der Waals surface area contributed by atoms with Gasteiger partial charge >= 0.3 is 0 Å². The molecule has 2 aliphatic rings. The van der Waals surface area contributed by atoms with Crippen LogP contribution in [0.4, 0.5) is 5.69 Å². The van der Waals surface area contributed by atoms with Crippen LogP contribution in [0.2, 0.25) is 0 Å². The fourth-order valence-corrected chi connectivity index (χ4v) is 4.73. The third-order valence-corrected chi connectivity index (χ3v) is 6.37. The summed E-state index contributed by atoms with van der Waals surface area (Å²) in [5, 5.41) is 18.8. The minimum absolute atomic E-state index is 0.185. The molecule has 0 spiro atoms. The van der Waals surface area contributed by atoms with Gasteiger partial charge in [0, 0.05) is 23.5 Å². The standard InChI is InChI=1S/C22H21N3OS/c26-22(20-11-6-14-27-20)15-23-21(22)25-13-12-17(16-7-2-1-3-8-16)18-9-4-5-10-19(18)24-25/h1-12,14,21,23-24,26H,13,15H2. The lowest BCUT2D eigenvalue weighted by Gasteiger charge is -2.50. The average Bonchev–Trinajstić information content (AvgIpc) is 3.17. The highest BCUT2D eigenvalue weighted by molar-refractivity contribution is 7.10. The van der Waals surface area contributed by atoms with E-state index in [1.807, 2.05) is 29.6 Å². The van der Waals surface area contributed by atoms with Gasteiger partial charge in [0.2, 0.25) is 0 Å². The maximum Gasteiger partial charge on any atom is 0.141 e. The smallest absolute Gasteiger partial charge is 0.141 e. The number of rotatable bonds is 3. The Morgan fingerprint density at radius 2 is 1.81 bits per heavy atom. The Hall–Kier alpha value is -2.44. The zero-order chi connectivity index (χ0) is 18.3. The normalized spacial score (nSPS) is 24.9. The second-order valence-corrected chi connectivity index (χ2v) is 7.93. The zero-order valence-corrected chi connectivity index (χ0v) is 15.6. The van der Waals surface area contributed by atoms with Crippen molar-refractivity contribution in [1.82, 2.24) is 10.3 Å². The number of para-hydroxylation sites is 1. The number of anilines is 1. The molecule has 0 bridgehead atoms. The quantitative estimate of drug-likeness (QED) is 0.654. The third-order valence-electron chi connectivity index (χ3n) is 5.33. The number of hydrogen-bond acceptors (Lipinski definition) is 5. The first kappa shape index (κ1) is 16.7. The Balaban J connectivity index is 1.52. The van der Waals surface area contributed by atoms with Gasteiger partial charge in [-0.2, -0.15) is 5.01 Å². The predicted molar refractivity (Wildman–Crippen MR) is 110 cm³/mol. The van der Waals surface area contributed by atoms with E-state index in [9.17, 15) is 5.11 Å². The molecule has 2 unspecified atom stereocenters. The van der Waals surface area contributed by atoms with Gasteiger partial charge in [-0.1, -0.05) is 60.7 Å². The number of hydrogen-bond donors (Lipinski definition) is 3. The van der Waals surface area contributed by atoms with Gasteiger partial charge < -0.3 is 10.5 Å². The zero-order valence-electron chi connectivity index (χ0n) is 14.8. The molecular formula is C22H21N3OS. The fourth-order valence-electron chi connectivity index (χ4n) is 3.88. The van der Waals surface area contributed by atoms with Crippen molar-refractivity contribution in [2.45, 2.75) is 11.8 Å². The topological polar surface area (TPSA) is 47.5 Å². The van der Waals surface area contributed by atoms with Gasteiger partial charge in [0.15, 0.2) is 0 Å². The molecule has 0 amide bonds. The van der Waals surface area contributed by atoms with Crippen LogP contribution in [-0.2, 0) is 5.60 Å². The first-order valence-electron chi connectivity index (χ1n) is 9.14. The van der Waals surface area contributed by atoms with E-state index in [0.717, 1.165) is 10.6 Å². The van der Waals surface area contributed by atoms with E-state index in [-0.39, 0.29) is 6.17 Å². The Kier molecular flexibility index (Phi) is 4.10. The second-order valence-electron chi connectivity index (χ2n) is 6.98. The van der Waals surface area contributed by atoms with E-state index in [0.29, 0.717) is 13.1 Å². The van der Waals surface area contributed by atoms with Crippen molar-refractivity contribution in [2.75, 3.05) is 18.5 Å². The summed E-state index contributed by atoms with van der Waals surface area (Å²) >= 11 is 1.60. The van der Waals surface area contributed by atoms with Crippen LogP contribution in [0, 0.1) is 0 Å². The summed E-state index contributed by atoms with van der Waals surface area (Å²) in [6.45, 7) is 1.25. The molecule has 1 aromatic heterocycles. The molecule has 136 valence electrons. The Bertz CT molecular complexity index is 970. The number of nitrogens with zero attached hydrogens (tertiary/aromatic N) is 1. The largest absolute Gasteiger partial charge is 0.380 e. The molecule has 1 saturated heterocycles. The molecule has 3 heterocycles. The maximum atomic E-state index is 11.3. The number of thiophene rings is 1. The molecule has 3 aromatic rings. The van der Waals surface area contributed by atoms with E-state index >= 15 is 0 Å². The average molecular weight is 375 g/mol. The first-order valence-corrected chi connectivity index (χ1v) is 10.0. The van der Waals surface area contributed by atoms with Crippen molar-refractivity contribution in [2.24, 2.45) is 0 Å². The van der Waals surface area contributed by atoms with Crippen LogP contribution >= 0.6 is 11.3 Å². The number of nitrogens with one attached hydrogen (secondary N) is 2. The van der Waals surface area contributed by atoms with Crippen LogP contribution in [0.1, 0.15) is 16.0 Å². The molecule has 1 fully saturated rings. The summed E-state index contributed by atoms with van der Waals surface area (Å²) in [4.78, 5) is 0.998. The van der Waals surface area contributed by atoms with Gasteiger partial charge in [-0.05, 0) is 28.6 Å². The third kappa shape index (κ3) is 2.80. The number of β-amino-alcohol motifs (C(OH)–C–C–N with tert-alkyl or cyclic N) is 1. The molecule has 4 nitrogen and oxygen atoms in total. The number of aliphatic hydroxyl groups is 1. The maximum absolute atomic E-state index is 11.3. The summed E-state index contributed by atoms with van der Waals surface area (Å²) in [5.74, 6) is 0. The number of fused-ring (bicyclic) bond motifs is 1. The minimum atomic E-state index is -0.874. The Morgan fingerprint density at radius 3 is 2.56 bits per heavy atom. The number of benzene rings is 2. The highest BCUT2D eigenvalue weighted by Crippen LogP contribution is 2.38. The lowest BCUT2D eigenvalue weighted by atomic mass is 9.89. The van der Waals surface area contributed by atoms with Crippen LogP contribution < -0.4 is 10.7 Å². The molecule has 2 aliphatic heterocycles. The Labute approximate surface area is 162 Å². The molecular weight excluding hydrogens is 354 g/mol. The lowest BCUT2D eigenvalue weighted by molar-refractivity contribution is -0.116. The van der Waals surface area contributed by atoms with Gasteiger partial charge in [0.1, 0.15) is 11.8 Å². The lowest BCUT2D eigenvalue weighted by Crippen LogP contribution is -2.72. The SMILES string of the molecule is OC1(c2cccs2)CNC1N1CC=C(c2ccccc2)c2ccccc2N1. The van der Waals surface area contributed by atoms with Crippen LogP contribution in [-0.4, -0.2) is 29.4 Å². The van der Waals surface area contributed by atoms with Crippen molar-refractivity contribution in [3.8, 4) is 0 Å². The first-order chi connectivity index (χ1) is 13.3. The molecule has 2 atom stereocenters. The van der Waals surface area contributed by atoms with Crippen LogP contribution in [0.25, 0.3) is 5.57 Å². The Morgan fingerprint density at radius 1 is 1.00 bits per heavy atom. The van der Waals surface area contributed by atoms with Crippen molar-refractivity contribution < 1.29 is 5.11 Å². The fraction of sp³-hybridized carbons (Fsp3) is 0.182. The monoisotopic (exact) mass is 375 g/mol. The van der Waals surface area contributed by atoms with E-state index in [1.165, 1.54) is 16.7 Å². The van der Waals surface area contributed by atoms with Gasteiger partial charge in [-0.15, -0.1) is 11.3 Å².